The van der Waals surface area contributed by atoms with Crippen LogP contribution >= 0.6 is 11.5 Å². The summed E-state index contributed by atoms with van der Waals surface area (Å²) in [6.07, 6.45) is 0. The van der Waals surface area contributed by atoms with E-state index >= 15 is 0 Å². The molecule has 0 atom stereocenters. The van der Waals surface area contributed by atoms with Crippen LogP contribution in [0.3, 0.4) is 0 Å². The summed E-state index contributed by atoms with van der Waals surface area (Å²) >= 11 is 1.02. The van der Waals surface area contributed by atoms with E-state index < -0.39 is 10.8 Å². The van der Waals surface area contributed by atoms with Crippen LogP contribution in [-0.4, -0.2) is 20.2 Å². The summed E-state index contributed by atoms with van der Waals surface area (Å²) in [5, 5.41) is 13.6. The maximum absolute atomic E-state index is 12.1. The normalized spacial score (nSPS) is 10.1. The SMILES string of the molecule is Cc1nsc(NC(=O)c2cc([N+](=O)[O-])ccc2NN)n1. The minimum absolute atomic E-state index is 0.0505. The average Bonchev–Trinajstić information content (AvgIpc) is 2.83. The first-order chi connectivity index (χ1) is 9.51. The number of nitro benzene ring substituents is 1. The topological polar surface area (TPSA) is 136 Å². The predicted molar refractivity (Wildman–Crippen MR) is 73.5 cm³/mol. The smallest absolute Gasteiger partial charge is 0.270 e. The molecule has 0 spiro atoms. The first kappa shape index (κ1) is 13.8. The first-order valence-corrected chi connectivity index (χ1v) is 6.15. The Morgan fingerprint density at radius 2 is 2.25 bits per heavy atom. The molecule has 9 nitrogen and oxygen atoms in total. The predicted octanol–water partition coefficient (Wildman–Crippen LogP) is 1.29. The van der Waals surface area contributed by atoms with Crippen molar-refractivity contribution < 1.29 is 9.72 Å². The zero-order chi connectivity index (χ0) is 14.7. The van der Waals surface area contributed by atoms with E-state index in [0.717, 1.165) is 17.6 Å². The van der Waals surface area contributed by atoms with Crippen molar-refractivity contribution in [1.82, 2.24) is 9.36 Å². The zero-order valence-electron chi connectivity index (χ0n) is 10.3. The Kier molecular flexibility index (Phi) is 3.86. The van der Waals surface area contributed by atoms with Crippen LogP contribution in [0.5, 0.6) is 0 Å². The van der Waals surface area contributed by atoms with Crippen molar-refractivity contribution >= 4 is 33.9 Å². The number of benzene rings is 1. The highest BCUT2D eigenvalue weighted by Gasteiger charge is 2.17. The molecule has 2 aromatic rings. The molecule has 0 aliphatic rings. The summed E-state index contributed by atoms with van der Waals surface area (Å²) in [4.78, 5) is 26.2. The van der Waals surface area contributed by atoms with Gasteiger partial charge in [-0.3, -0.25) is 26.1 Å². The second kappa shape index (κ2) is 5.59. The summed E-state index contributed by atoms with van der Waals surface area (Å²) in [6, 6.07) is 3.75. The molecule has 0 aliphatic carbocycles. The molecule has 4 N–H and O–H groups in total. The van der Waals surface area contributed by atoms with Crippen molar-refractivity contribution in [2.24, 2.45) is 5.84 Å². The van der Waals surface area contributed by atoms with E-state index in [4.69, 9.17) is 5.84 Å². The number of hydrazine groups is 1. The summed E-state index contributed by atoms with van der Waals surface area (Å²) in [7, 11) is 0. The molecule has 0 fully saturated rings. The zero-order valence-corrected chi connectivity index (χ0v) is 11.1. The second-order valence-electron chi connectivity index (χ2n) is 3.73. The highest BCUT2D eigenvalue weighted by atomic mass is 32.1. The molecule has 0 aliphatic heterocycles. The van der Waals surface area contributed by atoms with E-state index in [1.165, 1.54) is 12.1 Å². The van der Waals surface area contributed by atoms with Crippen molar-refractivity contribution in [3.63, 3.8) is 0 Å². The second-order valence-corrected chi connectivity index (χ2v) is 4.48. The molecule has 2 rings (SSSR count). The number of nitrogen functional groups attached to an aromatic ring is 1. The van der Waals surface area contributed by atoms with E-state index in [0.29, 0.717) is 11.0 Å². The molecular weight excluding hydrogens is 284 g/mol. The molecule has 0 unspecified atom stereocenters. The standard InChI is InChI=1S/C10H10N6O3S/c1-5-12-10(20-15-5)13-9(17)7-4-6(16(18)19)2-3-8(7)14-11/h2-4,14H,11H2,1H3,(H,12,13,15,17). The minimum atomic E-state index is -0.591. The highest BCUT2D eigenvalue weighted by Crippen LogP contribution is 2.23. The van der Waals surface area contributed by atoms with Gasteiger partial charge in [0.25, 0.3) is 11.6 Å². The average molecular weight is 294 g/mol. The third-order valence-electron chi connectivity index (χ3n) is 2.36. The molecule has 0 saturated heterocycles. The summed E-state index contributed by atoms with van der Waals surface area (Å²) in [6.45, 7) is 1.69. The lowest BCUT2D eigenvalue weighted by atomic mass is 10.1. The van der Waals surface area contributed by atoms with Crippen LogP contribution in [0, 0.1) is 17.0 Å². The van der Waals surface area contributed by atoms with Crippen LogP contribution in [0.25, 0.3) is 0 Å². The van der Waals surface area contributed by atoms with Crippen molar-refractivity contribution in [2.75, 3.05) is 10.7 Å². The number of carbonyl (C=O) groups is 1. The molecule has 1 aromatic carbocycles. The number of aryl methyl sites for hydroxylation is 1. The van der Waals surface area contributed by atoms with Gasteiger partial charge in [0, 0.05) is 23.7 Å². The summed E-state index contributed by atoms with van der Waals surface area (Å²) in [5.74, 6) is 5.26. The molecule has 0 saturated carbocycles. The Morgan fingerprint density at radius 3 is 2.80 bits per heavy atom. The van der Waals surface area contributed by atoms with E-state index in [1.807, 2.05) is 0 Å². The fourth-order valence-corrected chi connectivity index (χ4v) is 2.04. The molecule has 104 valence electrons. The number of amides is 1. The fourth-order valence-electron chi connectivity index (χ4n) is 1.47. The number of nitrogens with zero attached hydrogens (tertiary/aromatic N) is 3. The molecule has 10 heteroatoms. The van der Waals surface area contributed by atoms with Gasteiger partial charge >= 0.3 is 0 Å². The van der Waals surface area contributed by atoms with E-state index in [2.05, 4.69) is 20.1 Å². The number of hydrogen-bond acceptors (Lipinski definition) is 8. The molecular formula is C10H10N6O3S. The Balaban J connectivity index is 2.32. The molecule has 1 heterocycles. The molecule has 20 heavy (non-hydrogen) atoms. The number of rotatable bonds is 4. The minimum Gasteiger partial charge on any atom is -0.323 e. The van der Waals surface area contributed by atoms with Crippen LogP contribution in [0.15, 0.2) is 18.2 Å². The maximum Gasteiger partial charge on any atom is 0.270 e. The number of hydrogen-bond donors (Lipinski definition) is 3. The maximum atomic E-state index is 12.1. The molecule has 1 amide bonds. The Labute approximate surface area is 117 Å². The largest absolute Gasteiger partial charge is 0.323 e. The number of non-ortho nitro benzene ring substituents is 1. The van der Waals surface area contributed by atoms with Crippen LogP contribution in [0.1, 0.15) is 16.2 Å². The van der Waals surface area contributed by atoms with Gasteiger partial charge in [0.05, 0.1) is 16.2 Å². The first-order valence-electron chi connectivity index (χ1n) is 5.38. The van der Waals surface area contributed by atoms with Gasteiger partial charge < -0.3 is 5.43 Å². The lowest BCUT2D eigenvalue weighted by Crippen LogP contribution is -2.17. The van der Waals surface area contributed by atoms with Crippen LogP contribution in [0.2, 0.25) is 0 Å². The van der Waals surface area contributed by atoms with E-state index in [1.54, 1.807) is 6.92 Å². The van der Waals surface area contributed by atoms with Crippen LogP contribution in [-0.2, 0) is 0 Å². The van der Waals surface area contributed by atoms with Gasteiger partial charge in [-0.15, -0.1) is 0 Å². The van der Waals surface area contributed by atoms with Crippen molar-refractivity contribution in [1.29, 1.82) is 0 Å². The van der Waals surface area contributed by atoms with Gasteiger partial charge in [-0.1, -0.05) is 0 Å². The third kappa shape index (κ3) is 2.87. The molecule has 1 aromatic heterocycles. The number of anilines is 2. The molecule has 0 radical (unpaired) electrons. The van der Waals surface area contributed by atoms with Gasteiger partial charge in [0.15, 0.2) is 0 Å². The van der Waals surface area contributed by atoms with Crippen molar-refractivity contribution in [3.8, 4) is 0 Å². The number of nitrogens with one attached hydrogen (secondary N) is 2. The Morgan fingerprint density at radius 1 is 1.50 bits per heavy atom. The Bertz CT molecular complexity index is 671. The van der Waals surface area contributed by atoms with E-state index in [9.17, 15) is 14.9 Å². The van der Waals surface area contributed by atoms with Gasteiger partial charge in [-0.25, -0.2) is 4.98 Å². The fraction of sp³-hybridized carbons (Fsp3) is 0.100. The van der Waals surface area contributed by atoms with Crippen LogP contribution < -0.4 is 16.6 Å². The van der Waals surface area contributed by atoms with Gasteiger partial charge in [0.2, 0.25) is 5.13 Å². The highest BCUT2D eigenvalue weighted by molar-refractivity contribution is 7.09. The lowest BCUT2D eigenvalue weighted by Gasteiger charge is -2.07. The monoisotopic (exact) mass is 294 g/mol. The number of carbonyl (C=O) groups excluding carboxylic acids is 1. The lowest BCUT2D eigenvalue weighted by molar-refractivity contribution is -0.384. The van der Waals surface area contributed by atoms with E-state index in [-0.39, 0.29) is 16.9 Å². The van der Waals surface area contributed by atoms with Crippen LogP contribution in [0.4, 0.5) is 16.5 Å². The Hall–Kier alpha value is -2.59. The van der Waals surface area contributed by atoms with Gasteiger partial charge in [-0.05, 0) is 13.0 Å². The summed E-state index contributed by atoms with van der Waals surface area (Å²) in [5.41, 5.74) is 2.43. The van der Waals surface area contributed by atoms with Gasteiger partial charge in [0.1, 0.15) is 5.82 Å². The third-order valence-corrected chi connectivity index (χ3v) is 3.08. The molecule has 0 bridgehead atoms. The van der Waals surface area contributed by atoms with Gasteiger partial charge in [-0.2, -0.15) is 4.37 Å². The summed E-state index contributed by atoms with van der Waals surface area (Å²) < 4.78 is 3.92. The number of aromatic nitrogens is 2. The quantitative estimate of drug-likeness (QED) is 0.439. The van der Waals surface area contributed by atoms with Crippen molar-refractivity contribution in [2.45, 2.75) is 6.92 Å². The van der Waals surface area contributed by atoms with Crippen molar-refractivity contribution in [3.05, 3.63) is 39.7 Å². The number of nitrogens with two attached hydrogens (primary N) is 1. The number of nitro groups is 1.